The van der Waals surface area contributed by atoms with Gasteiger partial charge in [-0.15, -0.1) is 0 Å². The highest BCUT2D eigenvalue weighted by Crippen LogP contribution is 2.27. The van der Waals surface area contributed by atoms with Crippen LogP contribution in [0.15, 0.2) is 0 Å². The van der Waals surface area contributed by atoms with Crippen molar-refractivity contribution in [2.75, 3.05) is 26.8 Å². The van der Waals surface area contributed by atoms with E-state index in [9.17, 15) is 4.39 Å². The number of nitrogens with zero attached hydrogens (tertiary/aromatic N) is 1. The summed E-state index contributed by atoms with van der Waals surface area (Å²) in [6.07, 6.45) is 1.65. The molecule has 1 aliphatic heterocycles. The molecule has 2 N–H and O–H groups in total. The number of halogens is 1. The molecule has 0 aliphatic carbocycles. The van der Waals surface area contributed by atoms with Gasteiger partial charge in [0.25, 0.3) is 0 Å². The van der Waals surface area contributed by atoms with Crippen LogP contribution in [0, 0.1) is 11.3 Å². The first kappa shape index (κ1) is 20.1. The number of rotatable bonds is 2. The second kappa shape index (κ2) is 10.7. The van der Waals surface area contributed by atoms with Gasteiger partial charge in [-0.3, -0.25) is 4.39 Å². The van der Waals surface area contributed by atoms with Gasteiger partial charge in [0.1, 0.15) is 0 Å². The minimum absolute atomic E-state index is 0.0370. The van der Waals surface area contributed by atoms with Gasteiger partial charge in [-0.1, -0.05) is 34.6 Å². The van der Waals surface area contributed by atoms with Gasteiger partial charge in [0.05, 0.1) is 7.18 Å². The number of hydrogen-bond acceptors (Lipinski definition) is 3. The van der Waals surface area contributed by atoms with Gasteiger partial charge in [-0.2, -0.15) is 0 Å². The van der Waals surface area contributed by atoms with Crippen LogP contribution in [0.4, 0.5) is 4.39 Å². The van der Waals surface area contributed by atoms with Crippen molar-refractivity contribution in [2.24, 2.45) is 11.3 Å². The van der Waals surface area contributed by atoms with Crippen LogP contribution in [-0.4, -0.2) is 48.2 Å². The Kier molecular flexibility index (Phi) is 12.0. The normalized spacial score (nSPS) is 18.8. The highest BCUT2D eigenvalue weighted by atomic mass is 19.1. The summed E-state index contributed by atoms with van der Waals surface area (Å²) in [6.45, 7) is 14.3. The maximum atomic E-state index is 9.50. The summed E-state index contributed by atoms with van der Waals surface area (Å²) in [5, 5.41) is 16.4. The van der Waals surface area contributed by atoms with Crippen LogP contribution >= 0.6 is 0 Å². The zero-order valence-electron chi connectivity index (χ0n) is 12.9. The first-order valence-corrected chi connectivity index (χ1v) is 6.75. The summed E-state index contributed by atoms with van der Waals surface area (Å²) < 4.78 is 9.50. The first-order chi connectivity index (χ1) is 8.28. The second-order valence-electron chi connectivity index (χ2n) is 5.79. The van der Waals surface area contributed by atoms with Crippen LogP contribution in [0.25, 0.3) is 0 Å². The van der Waals surface area contributed by atoms with E-state index in [4.69, 9.17) is 10.2 Å². The maximum absolute atomic E-state index is 9.50. The third kappa shape index (κ3) is 10.9. The molecule has 0 saturated carbocycles. The Morgan fingerprint density at radius 2 is 1.67 bits per heavy atom. The fourth-order valence-corrected chi connectivity index (χ4v) is 1.81. The molecule has 0 amide bonds. The van der Waals surface area contributed by atoms with Gasteiger partial charge in [0.15, 0.2) is 6.29 Å². The second-order valence-corrected chi connectivity index (χ2v) is 5.79. The van der Waals surface area contributed by atoms with E-state index in [2.05, 4.69) is 25.7 Å². The number of aliphatic hydroxyl groups is 2. The molecule has 4 heteroatoms. The topological polar surface area (TPSA) is 43.7 Å². The molecule has 0 aromatic carbocycles. The Balaban J connectivity index is 0. The van der Waals surface area contributed by atoms with Crippen LogP contribution in [0.1, 0.15) is 47.5 Å². The molecule has 0 aromatic heterocycles. The molecule has 112 valence electrons. The molecule has 0 radical (unpaired) electrons. The molecule has 0 aromatic rings. The molecule has 0 spiro atoms. The molecule has 1 fully saturated rings. The minimum atomic E-state index is -1.15. The Morgan fingerprint density at radius 3 is 1.89 bits per heavy atom. The first-order valence-electron chi connectivity index (χ1n) is 6.75. The van der Waals surface area contributed by atoms with E-state index >= 15 is 0 Å². The summed E-state index contributed by atoms with van der Waals surface area (Å²) in [4.78, 5) is 2.55. The molecule has 0 unspecified atom stereocenters. The maximum Gasteiger partial charge on any atom is 0.153 e. The van der Waals surface area contributed by atoms with Crippen LogP contribution < -0.4 is 0 Å². The van der Waals surface area contributed by atoms with E-state index in [0.717, 1.165) is 0 Å². The lowest BCUT2D eigenvalue weighted by Gasteiger charge is -2.37. The fraction of sp³-hybridized carbons (Fsp3) is 1.00. The Labute approximate surface area is 112 Å². The van der Waals surface area contributed by atoms with Gasteiger partial charge in [0, 0.05) is 12.5 Å². The highest BCUT2D eigenvalue weighted by Gasteiger charge is 2.24. The van der Waals surface area contributed by atoms with Crippen LogP contribution in [-0.2, 0) is 0 Å². The number of aliphatic hydroxyl groups excluding tert-OH is 1. The lowest BCUT2D eigenvalue weighted by atomic mass is 9.84. The van der Waals surface area contributed by atoms with Crippen LogP contribution in [0.2, 0.25) is 0 Å². The molecule has 0 bridgehead atoms. The largest absolute Gasteiger partial charge is 0.368 e. The summed E-state index contributed by atoms with van der Waals surface area (Å²) in [6, 6.07) is 0. The molecule has 1 heterocycles. The minimum Gasteiger partial charge on any atom is -0.368 e. The lowest BCUT2D eigenvalue weighted by Crippen LogP contribution is -2.39. The number of alkyl halides is 1. The number of hydrogen-bond donors (Lipinski definition) is 2. The quantitative estimate of drug-likeness (QED) is 0.754. The van der Waals surface area contributed by atoms with E-state index < -0.39 is 6.29 Å². The van der Waals surface area contributed by atoms with E-state index in [1.54, 1.807) is 13.8 Å². The smallest absolute Gasteiger partial charge is 0.153 e. The molecule has 3 nitrogen and oxygen atoms in total. The van der Waals surface area contributed by atoms with Crippen molar-refractivity contribution in [1.29, 1.82) is 0 Å². The summed E-state index contributed by atoms with van der Waals surface area (Å²) >= 11 is 0. The predicted octanol–water partition coefficient (Wildman–Crippen LogP) is 2.67. The molecule has 1 saturated heterocycles. The molecule has 1 rings (SSSR count). The van der Waals surface area contributed by atoms with Crippen molar-refractivity contribution in [3.8, 4) is 0 Å². The van der Waals surface area contributed by atoms with Crippen molar-refractivity contribution >= 4 is 0 Å². The molecular formula is C14H32FNO2. The molecule has 1 aliphatic rings. The zero-order valence-corrected chi connectivity index (χ0v) is 12.9. The highest BCUT2D eigenvalue weighted by molar-refractivity contribution is 4.78. The van der Waals surface area contributed by atoms with E-state index in [1.165, 1.54) is 32.5 Å². The van der Waals surface area contributed by atoms with Gasteiger partial charge < -0.3 is 15.1 Å². The van der Waals surface area contributed by atoms with Gasteiger partial charge in [0.2, 0.25) is 0 Å². The lowest BCUT2D eigenvalue weighted by molar-refractivity contribution is -0.0731. The third-order valence-corrected chi connectivity index (χ3v) is 3.02. The molecule has 0 atom stereocenters. The monoisotopic (exact) mass is 265 g/mol. The Bertz CT molecular complexity index is 179. The summed E-state index contributed by atoms with van der Waals surface area (Å²) in [5.74, 6) is -0.0370. The Hall–Kier alpha value is -0.190. The number of piperidine rings is 1. The van der Waals surface area contributed by atoms with Crippen LogP contribution in [0.3, 0.4) is 0 Å². The summed E-state index contributed by atoms with van der Waals surface area (Å²) in [7, 11) is 0.500. The van der Waals surface area contributed by atoms with Gasteiger partial charge in [-0.05, 0) is 31.3 Å². The van der Waals surface area contributed by atoms with Crippen molar-refractivity contribution in [2.45, 2.75) is 53.8 Å². The zero-order chi connectivity index (χ0) is 14.8. The van der Waals surface area contributed by atoms with E-state index in [-0.39, 0.29) is 5.92 Å². The predicted molar refractivity (Wildman–Crippen MR) is 75.2 cm³/mol. The SMILES string of the molecule is CC(C)C(O)O.CCN1CCCC(C)(C)C1.CF. The van der Waals surface area contributed by atoms with Crippen molar-refractivity contribution < 1.29 is 14.6 Å². The summed E-state index contributed by atoms with van der Waals surface area (Å²) in [5.41, 5.74) is 0.578. The fourth-order valence-electron chi connectivity index (χ4n) is 1.81. The van der Waals surface area contributed by atoms with Crippen molar-refractivity contribution in [3.63, 3.8) is 0 Å². The van der Waals surface area contributed by atoms with Crippen LogP contribution in [0.5, 0.6) is 0 Å². The number of likely N-dealkylation sites (tertiary alicyclic amines) is 1. The average molecular weight is 265 g/mol. The van der Waals surface area contributed by atoms with E-state index in [0.29, 0.717) is 12.6 Å². The molecule has 18 heavy (non-hydrogen) atoms. The van der Waals surface area contributed by atoms with E-state index in [1.807, 2.05) is 0 Å². The van der Waals surface area contributed by atoms with Crippen molar-refractivity contribution in [1.82, 2.24) is 4.90 Å². The van der Waals surface area contributed by atoms with Crippen molar-refractivity contribution in [3.05, 3.63) is 0 Å². The van der Waals surface area contributed by atoms with Gasteiger partial charge >= 0.3 is 0 Å². The third-order valence-electron chi connectivity index (χ3n) is 3.02. The standard InChI is InChI=1S/C9H19N.C4H10O2.CH3F/c1-4-10-7-5-6-9(2,3)8-10;1-3(2)4(5)6;1-2/h4-8H2,1-3H3;3-6H,1-2H3;1H3. The Morgan fingerprint density at radius 1 is 1.22 bits per heavy atom. The molecular weight excluding hydrogens is 233 g/mol. The average Bonchev–Trinajstić information content (AvgIpc) is 2.31. The van der Waals surface area contributed by atoms with Gasteiger partial charge in [-0.25, -0.2) is 0 Å².